The van der Waals surface area contributed by atoms with Crippen LogP contribution in [-0.2, 0) is 0 Å². The zero-order valence-corrected chi connectivity index (χ0v) is 14.8. The molecule has 122 valence electrons. The van der Waals surface area contributed by atoms with E-state index in [1.54, 1.807) is 18.0 Å². The van der Waals surface area contributed by atoms with Gasteiger partial charge >= 0.3 is 0 Å². The molecule has 0 atom stereocenters. The Balaban J connectivity index is 1.64. The van der Waals surface area contributed by atoms with Crippen LogP contribution < -0.4 is 10.7 Å². The Morgan fingerprint density at radius 3 is 2.75 bits per heavy atom. The maximum absolute atomic E-state index is 5.25. The Morgan fingerprint density at radius 2 is 2.04 bits per heavy atom. The second kappa shape index (κ2) is 7.41. The summed E-state index contributed by atoms with van der Waals surface area (Å²) < 4.78 is 0. The van der Waals surface area contributed by atoms with Crippen molar-refractivity contribution in [1.29, 1.82) is 0 Å². The molecule has 8 heteroatoms. The Labute approximate surface area is 149 Å². The fourth-order valence-corrected chi connectivity index (χ4v) is 2.61. The largest absolute Gasteiger partial charge is 0.336 e. The molecular formula is C16H16N6S2. The van der Waals surface area contributed by atoms with Crippen LogP contribution in [0.5, 0.6) is 0 Å². The molecule has 2 aromatic heterocycles. The van der Waals surface area contributed by atoms with Crippen LogP contribution in [0.2, 0.25) is 0 Å². The molecule has 0 bridgehead atoms. The molecule has 0 spiro atoms. The van der Waals surface area contributed by atoms with Crippen LogP contribution in [0, 0.1) is 0 Å². The smallest absolute Gasteiger partial charge is 0.191 e. The van der Waals surface area contributed by atoms with E-state index in [2.05, 4.69) is 30.8 Å². The lowest BCUT2D eigenvalue weighted by atomic mass is 10.3. The quantitative estimate of drug-likeness (QED) is 0.288. The van der Waals surface area contributed by atoms with Gasteiger partial charge < -0.3 is 10.3 Å². The van der Waals surface area contributed by atoms with Gasteiger partial charge in [0.25, 0.3) is 0 Å². The summed E-state index contributed by atoms with van der Waals surface area (Å²) in [4.78, 5) is 13.0. The summed E-state index contributed by atoms with van der Waals surface area (Å²) in [5, 5.41) is 7.76. The number of pyridine rings is 1. The number of fused-ring (bicyclic) bond motifs is 1. The number of nitrogens with zero attached hydrogens (tertiary/aromatic N) is 3. The summed E-state index contributed by atoms with van der Waals surface area (Å²) in [5.74, 6) is 0.656. The highest BCUT2D eigenvalue weighted by molar-refractivity contribution is 7.98. The van der Waals surface area contributed by atoms with Crippen molar-refractivity contribution in [3.63, 3.8) is 0 Å². The van der Waals surface area contributed by atoms with Gasteiger partial charge in [0.15, 0.2) is 16.6 Å². The average molecular weight is 356 g/mol. The van der Waals surface area contributed by atoms with Gasteiger partial charge in [-0.2, -0.15) is 5.10 Å². The number of imidazole rings is 1. The van der Waals surface area contributed by atoms with Crippen LogP contribution >= 0.6 is 24.0 Å². The predicted octanol–water partition coefficient (Wildman–Crippen LogP) is 3.39. The zero-order chi connectivity index (χ0) is 16.9. The number of hydrogen-bond donors (Lipinski definition) is 3. The number of anilines is 1. The monoisotopic (exact) mass is 356 g/mol. The average Bonchev–Trinajstić information content (AvgIpc) is 3.04. The molecule has 24 heavy (non-hydrogen) atoms. The number of aromatic nitrogens is 3. The molecule has 0 saturated carbocycles. The Kier molecular flexibility index (Phi) is 5.07. The lowest BCUT2D eigenvalue weighted by molar-refractivity contribution is 1.03. The highest BCUT2D eigenvalue weighted by Gasteiger charge is 2.06. The number of hydrogen-bond acceptors (Lipinski definition) is 5. The van der Waals surface area contributed by atoms with Crippen molar-refractivity contribution in [3.05, 3.63) is 48.4 Å². The summed E-state index contributed by atoms with van der Waals surface area (Å²) in [5.41, 5.74) is 5.96. The van der Waals surface area contributed by atoms with Crippen LogP contribution in [0.15, 0.2) is 52.6 Å². The maximum Gasteiger partial charge on any atom is 0.191 e. The Morgan fingerprint density at radius 1 is 1.25 bits per heavy atom. The molecule has 1 aromatic carbocycles. The third kappa shape index (κ3) is 3.90. The van der Waals surface area contributed by atoms with Gasteiger partial charge in [0.1, 0.15) is 5.71 Å². The van der Waals surface area contributed by atoms with Crippen molar-refractivity contribution in [2.24, 2.45) is 5.10 Å². The highest BCUT2D eigenvalue weighted by Crippen LogP contribution is 2.17. The van der Waals surface area contributed by atoms with Crippen molar-refractivity contribution in [1.82, 2.24) is 20.4 Å². The summed E-state index contributed by atoms with van der Waals surface area (Å²) in [6.45, 7) is 1.85. The summed E-state index contributed by atoms with van der Waals surface area (Å²) >= 11 is 6.95. The minimum absolute atomic E-state index is 0.417. The lowest BCUT2D eigenvalue weighted by Crippen LogP contribution is -2.25. The first-order valence-corrected chi connectivity index (χ1v) is 8.85. The van der Waals surface area contributed by atoms with Gasteiger partial charge in [-0.3, -0.25) is 5.43 Å². The van der Waals surface area contributed by atoms with E-state index in [1.165, 1.54) is 4.90 Å². The first-order valence-electron chi connectivity index (χ1n) is 7.22. The molecule has 0 aliphatic heterocycles. The van der Waals surface area contributed by atoms with Gasteiger partial charge in [0.2, 0.25) is 0 Å². The topological polar surface area (TPSA) is 78.0 Å². The van der Waals surface area contributed by atoms with E-state index in [-0.39, 0.29) is 0 Å². The molecule has 0 fully saturated rings. The Hall–Kier alpha value is -2.45. The van der Waals surface area contributed by atoms with Gasteiger partial charge in [-0.25, -0.2) is 9.97 Å². The maximum atomic E-state index is 5.25. The number of rotatable bonds is 4. The number of nitrogens with one attached hydrogen (secondary N) is 3. The second-order valence-electron chi connectivity index (χ2n) is 4.95. The molecule has 0 aliphatic carbocycles. The fourth-order valence-electron chi connectivity index (χ4n) is 2.04. The van der Waals surface area contributed by atoms with Crippen LogP contribution in [0.25, 0.3) is 11.2 Å². The first kappa shape index (κ1) is 16.4. The van der Waals surface area contributed by atoms with E-state index < -0.39 is 0 Å². The van der Waals surface area contributed by atoms with Crippen molar-refractivity contribution in [3.8, 4) is 0 Å². The van der Waals surface area contributed by atoms with E-state index in [4.69, 9.17) is 12.2 Å². The molecule has 3 aromatic rings. The van der Waals surface area contributed by atoms with Gasteiger partial charge in [-0.15, -0.1) is 11.8 Å². The SMILES string of the molecule is CSc1ccc(NC(=S)N/N=C(\C)c2nc3ncccc3[nH]2)cc1. The highest BCUT2D eigenvalue weighted by atomic mass is 32.2. The lowest BCUT2D eigenvalue weighted by Gasteiger charge is -2.08. The molecule has 3 rings (SSSR count). The zero-order valence-electron chi connectivity index (χ0n) is 13.2. The number of thiocarbonyl (C=S) groups is 1. The van der Waals surface area contributed by atoms with E-state index in [0.29, 0.717) is 22.3 Å². The van der Waals surface area contributed by atoms with Crippen LogP contribution in [-0.4, -0.2) is 32.0 Å². The van der Waals surface area contributed by atoms with Crippen molar-refractivity contribution >= 4 is 51.7 Å². The van der Waals surface area contributed by atoms with Gasteiger partial charge in [-0.05, 0) is 61.8 Å². The minimum Gasteiger partial charge on any atom is -0.336 e. The second-order valence-corrected chi connectivity index (χ2v) is 6.24. The molecule has 2 heterocycles. The third-order valence-corrected chi connectivity index (χ3v) is 4.21. The number of H-pyrrole nitrogens is 1. The molecule has 0 unspecified atom stereocenters. The molecule has 3 N–H and O–H groups in total. The van der Waals surface area contributed by atoms with E-state index >= 15 is 0 Å². The van der Waals surface area contributed by atoms with Crippen LogP contribution in [0.1, 0.15) is 12.7 Å². The summed E-state index contributed by atoms with van der Waals surface area (Å²) in [6.07, 6.45) is 3.75. The fraction of sp³-hybridized carbons (Fsp3) is 0.125. The normalized spacial score (nSPS) is 11.5. The van der Waals surface area contributed by atoms with Gasteiger partial charge in [0, 0.05) is 16.8 Å². The predicted molar refractivity (Wildman–Crippen MR) is 104 cm³/mol. The molecule has 0 aliphatic rings. The van der Waals surface area contributed by atoms with E-state index in [0.717, 1.165) is 11.2 Å². The number of hydrazone groups is 1. The van der Waals surface area contributed by atoms with Crippen molar-refractivity contribution in [2.45, 2.75) is 11.8 Å². The summed E-state index contributed by atoms with van der Waals surface area (Å²) in [7, 11) is 0. The van der Waals surface area contributed by atoms with Crippen LogP contribution in [0.4, 0.5) is 5.69 Å². The summed E-state index contributed by atoms with van der Waals surface area (Å²) in [6, 6.07) is 11.8. The first-order chi connectivity index (χ1) is 11.7. The Bertz CT molecular complexity index is 852. The standard InChI is InChI=1S/C16H16N6S2/c1-10(14-19-13-4-3-9-17-15(13)20-14)21-22-16(23)18-11-5-7-12(24-2)8-6-11/h3-9H,1-2H3,(H,17,19,20)(H2,18,22,23)/b21-10+. The third-order valence-electron chi connectivity index (χ3n) is 3.27. The molecular weight excluding hydrogens is 340 g/mol. The number of thioether (sulfide) groups is 1. The molecule has 6 nitrogen and oxygen atoms in total. The van der Waals surface area contributed by atoms with Crippen LogP contribution in [0.3, 0.4) is 0 Å². The van der Waals surface area contributed by atoms with Crippen molar-refractivity contribution < 1.29 is 0 Å². The van der Waals surface area contributed by atoms with E-state index in [1.807, 2.05) is 49.6 Å². The molecule has 0 radical (unpaired) electrons. The van der Waals surface area contributed by atoms with Crippen molar-refractivity contribution in [2.75, 3.05) is 11.6 Å². The van der Waals surface area contributed by atoms with Gasteiger partial charge in [0.05, 0.1) is 5.52 Å². The molecule has 0 saturated heterocycles. The number of aromatic amines is 1. The molecule has 0 amide bonds. The van der Waals surface area contributed by atoms with Gasteiger partial charge in [-0.1, -0.05) is 0 Å². The number of benzene rings is 1. The minimum atomic E-state index is 0.417. The van der Waals surface area contributed by atoms with E-state index in [9.17, 15) is 0 Å².